The Morgan fingerprint density at radius 3 is 2.25 bits per heavy atom. The summed E-state index contributed by atoms with van der Waals surface area (Å²) >= 11 is 0.817. The predicted octanol–water partition coefficient (Wildman–Crippen LogP) is 5.35. The Morgan fingerprint density at radius 1 is 0.864 bits per heavy atom. The molecule has 474 valence electrons. The van der Waals surface area contributed by atoms with Crippen molar-refractivity contribution in [2.75, 3.05) is 32.7 Å². The fourth-order valence-corrected chi connectivity index (χ4v) is 14.1. The number of carbonyl (C=O) groups is 9. The van der Waals surface area contributed by atoms with Crippen LogP contribution in [0, 0.1) is 5.92 Å². The first-order valence-electron chi connectivity index (χ1n) is 29.7. The van der Waals surface area contributed by atoms with E-state index in [-0.39, 0.29) is 108 Å². The summed E-state index contributed by atoms with van der Waals surface area (Å²) in [5.41, 5.74) is 4.07. The molecule has 6 atom stereocenters. The number of primary amides is 1. The zero-order valence-corrected chi connectivity index (χ0v) is 50.8. The maximum Gasteiger partial charge on any atom is 0.399 e. The van der Waals surface area contributed by atoms with Crippen molar-refractivity contribution in [1.29, 1.82) is 0 Å². The molecule has 0 aliphatic carbocycles. The van der Waals surface area contributed by atoms with Crippen LogP contribution in [0.4, 0.5) is 17.6 Å². The number of aryl methyl sites for hydroxylation is 1. The lowest BCUT2D eigenvalue weighted by Gasteiger charge is -2.39. The van der Waals surface area contributed by atoms with Gasteiger partial charge in [0.15, 0.2) is 0 Å². The number of amides is 9. The van der Waals surface area contributed by atoms with Crippen LogP contribution in [0.1, 0.15) is 139 Å². The molecule has 0 radical (unpaired) electrons. The Balaban J connectivity index is 0.875. The van der Waals surface area contributed by atoms with Crippen molar-refractivity contribution in [2.45, 2.75) is 165 Å². The summed E-state index contributed by atoms with van der Waals surface area (Å²) in [5, 5.41) is 10.6. The molecular formula is C61H74F4N9O12PS. The van der Waals surface area contributed by atoms with Crippen LogP contribution in [0.25, 0.3) is 10.1 Å². The average Bonchev–Trinajstić information content (AvgIpc) is 1.73. The van der Waals surface area contributed by atoms with Crippen LogP contribution >= 0.6 is 18.9 Å². The van der Waals surface area contributed by atoms with Crippen LogP contribution in [0.2, 0.25) is 0 Å². The second-order valence-electron chi connectivity index (χ2n) is 24.7. The van der Waals surface area contributed by atoms with Crippen LogP contribution < -0.4 is 27.0 Å². The van der Waals surface area contributed by atoms with Gasteiger partial charge < -0.3 is 46.2 Å². The van der Waals surface area contributed by atoms with Crippen molar-refractivity contribution in [3.63, 3.8) is 0 Å². The van der Waals surface area contributed by atoms with Crippen molar-refractivity contribution in [3.05, 3.63) is 105 Å². The van der Waals surface area contributed by atoms with Gasteiger partial charge in [-0.2, -0.15) is 8.78 Å². The molecule has 1 aromatic heterocycles. The molecule has 21 nitrogen and oxygen atoms in total. The number of alkyl halides is 4. The molecule has 5 aliphatic heterocycles. The number of rotatable bonds is 21. The number of imide groups is 1. The number of hydrogen-bond donors (Lipinski definition) is 7. The number of nitrogens with zero attached hydrogens (tertiary/aromatic N) is 4. The topological polar surface area (TPSA) is 298 Å². The van der Waals surface area contributed by atoms with E-state index in [0.29, 0.717) is 37.9 Å². The number of nitrogens with two attached hydrogens (primary N) is 1. The van der Waals surface area contributed by atoms with E-state index < -0.39 is 110 Å². The average molecular weight is 1260 g/mol. The first-order valence-corrected chi connectivity index (χ1v) is 32.1. The van der Waals surface area contributed by atoms with Gasteiger partial charge >= 0.3 is 13.3 Å². The third-order valence-electron chi connectivity index (χ3n) is 17.6. The number of carbonyl (C=O) groups excluding carboxylic acids is 9. The van der Waals surface area contributed by atoms with E-state index in [2.05, 4.69) is 42.0 Å². The molecule has 4 aromatic rings. The lowest BCUT2D eigenvalue weighted by molar-refractivity contribution is -0.144. The molecule has 27 heteroatoms. The summed E-state index contributed by atoms with van der Waals surface area (Å²) in [5.74, 6) is -5.26. The summed E-state index contributed by atoms with van der Waals surface area (Å²) < 4.78 is 69.0. The summed E-state index contributed by atoms with van der Waals surface area (Å²) in [7, 11) is -5.93. The molecule has 5 aliphatic rings. The van der Waals surface area contributed by atoms with Gasteiger partial charge in [0.1, 0.15) is 30.2 Å². The maximum absolute atomic E-state index is 14.8. The third kappa shape index (κ3) is 15.0. The van der Waals surface area contributed by atoms with Crippen LogP contribution in [0.3, 0.4) is 0 Å². The highest BCUT2D eigenvalue weighted by Crippen LogP contribution is 2.59. The molecule has 0 saturated carbocycles. The Bertz CT molecular complexity index is 3400. The second-order valence-corrected chi connectivity index (χ2v) is 27.4. The van der Waals surface area contributed by atoms with Gasteiger partial charge in [0.2, 0.25) is 41.4 Å². The quantitative estimate of drug-likeness (QED) is 0.0315. The summed E-state index contributed by atoms with van der Waals surface area (Å²) in [6.45, 7) is 6.11. The highest BCUT2D eigenvalue weighted by Gasteiger charge is 2.51. The predicted molar refractivity (Wildman–Crippen MR) is 316 cm³/mol. The van der Waals surface area contributed by atoms with E-state index >= 15 is 0 Å². The normalized spacial score (nSPS) is 21.4. The largest absolute Gasteiger partial charge is 0.399 e. The van der Waals surface area contributed by atoms with E-state index in [1.807, 2.05) is 36.4 Å². The van der Waals surface area contributed by atoms with E-state index in [4.69, 9.17) is 5.73 Å². The zero-order valence-electron chi connectivity index (χ0n) is 49.1. The second kappa shape index (κ2) is 26.9. The first kappa shape index (κ1) is 65.3. The number of thiophene rings is 1. The van der Waals surface area contributed by atoms with Gasteiger partial charge in [0, 0.05) is 73.9 Å². The van der Waals surface area contributed by atoms with Crippen LogP contribution in [-0.4, -0.2) is 158 Å². The summed E-state index contributed by atoms with van der Waals surface area (Å²) in [6.07, 6.45) is 1.12. The van der Waals surface area contributed by atoms with Crippen molar-refractivity contribution in [3.8, 4) is 0 Å². The maximum atomic E-state index is 14.8. The lowest BCUT2D eigenvalue weighted by Crippen LogP contribution is -2.62. The molecule has 3 aromatic carbocycles. The van der Waals surface area contributed by atoms with Gasteiger partial charge in [-0.3, -0.25) is 57.9 Å². The van der Waals surface area contributed by atoms with Gasteiger partial charge in [-0.25, -0.2) is 8.78 Å². The standard InChI is InChI=1S/C61H74F4N9O12PS/c1-60(2,3)38-12-10-35(11-13-38)28-44(58(82)72-26-22-34(23-27-72)6-4-7-36-8-5-9-41-42(36)31-73(57(41)81)46-18-21-52(76)70-54(46)78)68-53(77)43(16-20-51(66)75)67-55(79)47-17-15-40-24-25-71(33-50(62)63)32-45(59(83)74(40)47)69-56(80)49-30-37-29-39(14-19-48(37)88-49)61(64,65)87(84,85)86/h5,8-14,19,29-30,34,40,43-47,50H,4,6-7,15-18,20-28,31-33H2,1-3H3,(H2,66,75)(H,67,79)(H,68,77)(H,69,80)(H,70,76,78)(H2,84,85,86)/t40-,43?,44?,45+,46?,47+/m1/s1. The van der Waals surface area contributed by atoms with Crippen LogP contribution in [0.5, 0.6) is 0 Å². The van der Waals surface area contributed by atoms with Crippen LogP contribution in [-0.2, 0) is 68.6 Å². The molecular weight excluding hydrogens is 1190 g/mol. The zero-order chi connectivity index (χ0) is 63.6. The molecule has 3 unspecified atom stereocenters. The number of likely N-dealkylation sites (tertiary alicyclic amines) is 1. The van der Waals surface area contributed by atoms with Crippen molar-refractivity contribution in [2.24, 2.45) is 11.7 Å². The molecule has 9 amide bonds. The number of piperidine rings is 2. The minimum absolute atomic E-state index is 0.0301. The number of nitrogens with one attached hydrogen (secondary N) is 4. The molecule has 0 spiro atoms. The Labute approximate surface area is 510 Å². The summed E-state index contributed by atoms with van der Waals surface area (Å²) in [6, 6.07) is 10.4. The van der Waals surface area contributed by atoms with Gasteiger partial charge in [-0.05, 0) is 127 Å². The van der Waals surface area contributed by atoms with Crippen molar-refractivity contribution in [1.82, 2.24) is 40.9 Å². The molecule has 6 heterocycles. The van der Waals surface area contributed by atoms with Gasteiger partial charge in [0.05, 0.1) is 11.4 Å². The highest BCUT2D eigenvalue weighted by molar-refractivity contribution is 7.52. The minimum atomic E-state index is -5.93. The van der Waals surface area contributed by atoms with Gasteiger partial charge in [-0.1, -0.05) is 63.2 Å². The molecule has 9 rings (SSSR count). The highest BCUT2D eigenvalue weighted by atomic mass is 32.1. The third-order valence-corrected chi connectivity index (χ3v) is 19.7. The Hall–Kier alpha value is -7.12. The molecule has 0 bridgehead atoms. The number of fused-ring (bicyclic) bond motifs is 3. The smallest absolute Gasteiger partial charge is 0.370 e. The fraction of sp³-hybridized carbons (Fsp3) is 0.525. The SMILES string of the molecule is CC(C)(C)c1ccc(CC(NC(=O)C(CCC(N)=O)NC(=O)[C@@H]2CC[C@@H]3CCN(CC(F)F)C[C@H](NC(=O)c4cc5cc(C(F)(F)P(=O)(O)O)ccc5s4)C(=O)N32)C(=O)N2CCC(CCCc3cccc4c3CN(C3CCC(=O)NC3=O)C4=O)CC2)cc1. The number of benzene rings is 3. The summed E-state index contributed by atoms with van der Waals surface area (Å²) in [4.78, 5) is 147. The molecule has 4 saturated heterocycles. The van der Waals surface area contributed by atoms with E-state index in [0.717, 1.165) is 64.6 Å². The van der Waals surface area contributed by atoms with Gasteiger partial charge in [0.25, 0.3) is 18.2 Å². The monoisotopic (exact) mass is 1260 g/mol. The molecule has 4 fully saturated rings. The first-order chi connectivity index (χ1) is 41.6. The van der Waals surface area contributed by atoms with Crippen molar-refractivity contribution < 1.29 is 75.1 Å². The lowest BCUT2D eigenvalue weighted by atomic mass is 9.86. The van der Waals surface area contributed by atoms with Crippen LogP contribution in [0.15, 0.2) is 66.7 Å². The van der Waals surface area contributed by atoms with E-state index in [1.165, 1.54) is 15.9 Å². The van der Waals surface area contributed by atoms with E-state index in [1.54, 1.807) is 15.9 Å². The fourth-order valence-electron chi connectivity index (χ4n) is 12.7. The Morgan fingerprint density at radius 2 is 1.58 bits per heavy atom. The Kier molecular flexibility index (Phi) is 20.0. The minimum Gasteiger partial charge on any atom is -0.370 e. The number of hydrogen-bond acceptors (Lipinski definition) is 12. The molecule has 8 N–H and O–H groups in total. The molecule has 88 heavy (non-hydrogen) atoms. The van der Waals surface area contributed by atoms with Crippen molar-refractivity contribution >= 4 is 82.2 Å². The van der Waals surface area contributed by atoms with Gasteiger partial charge in [-0.15, -0.1) is 11.3 Å². The number of halogens is 4. The van der Waals surface area contributed by atoms with E-state index in [9.17, 15) is 75.1 Å².